The van der Waals surface area contributed by atoms with Gasteiger partial charge in [0.2, 0.25) is 0 Å². The zero-order valence-electron chi connectivity index (χ0n) is 6.27. The Kier molecular flexibility index (Phi) is 3.31. The van der Waals surface area contributed by atoms with Crippen molar-refractivity contribution in [3.05, 3.63) is 42.0 Å². The van der Waals surface area contributed by atoms with Crippen LogP contribution in [-0.2, 0) is 0 Å². The summed E-state index contributed by atoms with van der Waals surface area (Å²) in [5.74, 6) is 0.149. The van der Waals surface area contributed by atoms with Crippen LogP contribution in [0.3, 0.4) is 0 Å². The van der Waals surface area contributed by atoms with Crippen LogP contribution in [0, 0.1) is 0 Å². The van der Waals surface area contributed by atoms with Crippen molar-refractivity contribution in [2.24, 2.45) is 0 Å². The van der Waals surface area contributed by atoms with E-state index in [2.05, 4.69) is 12.6 Å². The molecule has 12 heavy (non-hydrogen) atoms. The van der Waals surface area contributed by atoms with Crippen molar-refractivity contribution >= 4 is 34.8 Å². The van der Waals surface area contributed by atoms with Gasteiger partial charge in [0.25, 0.3) is 0 Å². The predicted octanol–water partition coefficient (Wildman–Crippen LogP) is 2.84. The van der Waals surface area contributed by atoms with Gasteiger partial charge in [0.15, 0.2) is 0 Å². The van der Waals surface area contributed by atoms with E-state index >= 15 is 0 Å². The largest absolute Gasteiger partial charge is 0.507 e. The molecule has 1 rings (SSSR count). The van der Waals surface area contributed by atoms with Gasteiger partial charge in [-0.2, -0.15) is 0 Å². The summed E-state index contributed by atoms with van der Waals surface area (Å²) in [5.41, 5.74) is 0.744. The number of thiol groups is 1. The second-order valence-corrected chi connectivity index (χ2v) is 3.46. The minimum Gasteiger partial charge on any atom is -0.507 e. The molecule has 0 unspecified atom stereocenters. The third kappa shape index (κ3) is 2.68. The van der Waals surface area contributed by atoms with E-state index in [9.17, 15) is 5.11 Å². The van der Waals surface area contributed by atoms with Gasteiger partial charge in [0.05, 0.1) is 4.20 Å². The van der Waals surface area contributed by atoms with Gasteiger partial charge in [-0.1, -0.05) is 42.5 Å². The van der Waals surface area contributed by atoms with Gasteiger partial charge in [-0.3, -0.25) is 0 Å². The molecular formula is C9H8OS2. The fourth-order valence-corrected chi connectivity index (χ4v) is 1.04. The Bertz CT molecular complexity index is 304. The highest BCUT2D eigenvalue weighted by molar-refractivity contribution is 8.11. The van der Waals surface area contributed by atoms with Crippen molar-refractivity contribution in [3.63, 3.8) is 0 Å². The molecule has 0 fully saturated rings. The highest BCUT2D eigenvalue weighted by Gasteiger charge is 1.96. The summed E-state index contributed by atoms with van der Waals surface area (Å²) in [6.45, 7) is 0. The topological polar surface area (TPSA) is 20.2 Å². The van der Waals surface area contributed by atoms with E-state index in [0.29, 0.717) is 4.20 Å². The summed E-state index contributed by atoms with van der Waals surface area (Å²) in [6.07, 6.45) is 1.44. The summed E-state index contributed by atoms with van der Waals surface area (Å²) >= 11 is 8.58. The predicted molar refractivity (Wildman–Crippen MR) is 58.6 cm³/mol. The zero-order valence-corrected chi connectivity index (χ0v) is 7.98. The summed E-state index contributed by atoms with van der Waals surface area (Å²) < 4.78 is 0.372. The third-order valence-corrected chi connectivity index (χ3v) is 1.58. The average Bonchev–Trinajstić information content (AvgIpc) is 2.05. The summed E-state index contributed by atoms with van der Waals surface area (Å²) in [4.78, 5) is 0. The van der Waals surface area contributed by atoms with Crippen molar-refractivity contribution in [2.45, 2.75) is 0 Å². The first-order valence-corrected chi connectivity index (χ1v) is 4.24. The molecule has 0 aliphatic carbocycles. The van der Waals surface area contributed by atoms with E-state index in [0.717, 1.165) is 5.56 Å². The number of benzene rings is 1. The molecule has 0 aromatic heterocycles. The number of aliphatic hydroxyl groups excluding tert-OH is 1. The third-order valence-electron chi connectivity index (χ3n) is 1.33. The van der Waals surface area contributed by atoms with Crippen molar-refractivity contribution < 1.29 is 5.11 Å². The number of thiocarbonyl (C=S) groups is 1. The van der Waals surface area contributed by atoms with Crippen molar-refractivity contribution in [3.8, 4) is 0 Å². The Morgan fingerprint density at radius 3 is 2.42 bits per heavy atom. The van der Waals surface area contributed by atoms with E-state index in [1.54, 1.807) is 12.1 Å². The van der Waals surface area contributed by atoms with Gasteiger partial charge >= 0.3 is 0 Å². The fraction of sp³-hybridized carbons (Fsp3) is 0. The first-order chi connectivity index (χ1) is 5.70. The molecule has 0 spiro atoms. The van der Waals surface area contributed by atoms with Crippen LogP contribution in [0.15, 0.2) is 36.4 Å². The van der Waals surface area contributed by atoms with Crippen LogP contribution in [0.2, 0.25) is 0 Å². The van der Waals surface area contributed by atoms with Crippen LogP contribution >= 0.6 is 24.8 Å². The van der Waals surface area contributed by atoms with E-state index in [1.165, 1.54) is 6.08 Å². The molecule has 1 aromatic carbocycles. The first kappa shape index (κ1) is 9.29. The molecule has 1 nitrogen and oxygen atoms in total. The highest BCUT2D eigenvalue weighted by atomic mass is 32.1. The van der Waals surface area contributed by atoms with Crippen LogP contribution in [0.25, 0.3) is 5.76 Å². The minimum atomic E-state index is 0.149. The van der Waals surface area contributed by atoms with Gasteiger partial charge in [-0.25, -0.2) is 0 Å². The Hall–Kier alpha value is -0.800. The van der Waals surface area contributed by atoms with Crippen LogP contribution in [0.5, 0.6) is 0 Å². The molecular weight excluding hydrogens is 188 g/mol. The van der Waals surface area contributed by atoms with Gasteiger partial charge in [0.1, 0.15) is 5.76 Å². The Labute approximate surface area is 82.1 Å². The standard InChI is InChI=1S/C9H8OS2/c10-8(6-9(11)12)7-4-2-1-3-5-7/h1-6,10H,(H,11,12). The lowest BCUT2D eigenvalue weighted by molar-refractivity contribution is 0.512. The molecule has 0 amide bonds. The van der Waals surface area contributed by atoms with Crippen molar-refractivity contribution in [2.75, 3.05) is 0 Å². The second-order valence-electron chi connectivity index (χ2n) is 2.23. The monoisotopic (exact) mass is 196 g/mol. The van der Waals surface area contributed by atoms with Gasteiger partial charge in [-0.05, 0) is 0 Å². The Morgan fingerprint density at radius 1 is 1.33 bits per heavy atom. The van der Waals surface area contributed by atoms with Gasteiger partial charge < -0.3 is 5.11 Å². The maximum Gasteiger partial charge on any atom is 0.124 e. The molecule has 0 radical (unpaired) electrons. The number of hydrogen-bond donors (Lipinski definition) is 2. The van der Waals surface area contributed by atoms with Crippen LogP contribution < -0.4 is 0 Å². The van der Waals surface area contributed by atoms with Crippen LogP contribution in [0.4, 0.5) is 0 Å². The van der Waals surface area contributed by atoms with E-state index in [4.69, 9.17) is 12.2 Å². The van der Waals surface area contributed by atoms with Crippen LogP contribution in [-0.4, -0.2) is 9.30 Å². The summed E-state index contributed by atoms with van der Waals surface area (Å²) in [6, 6.07) is 9.19. The molecule has 1 aromatic rings. The quantitative estimate of drug-likeness (QED) is 0.328. The number of hydrogen-bond acceptors (Lipinski definition) is 2. The van der Waals surface area contributed by atoms with E-state index in [-0.39, 0.29) is 5.76 Å². The lowest BCUT2D eigenvalue weighted by Gasteiger charge is -1.97. The first-order valence-electron chi connectivity index (χ1n) is 3.39. The molecule has 0 bridgehead atoms. The molecule has 0 heterocycles. The lowest BCUT2D eigenvalue weighted by Crippen LogP contribution is -1.84. The fourth-order valence-electron chi connectivity index (χ4n) is 0.809. The van der Waals surface area contributed by atoms with E-state index < -0.39 is 0 Å². The second kappa shape index (κ2) is 4.28. The van der Waals surface area contributed by atoms with Crippen LogP contribution in [0.1, 0.15) is 5.56 Å². The minimum absolute atomic E-state index is 0.149. The highest BCUT2D eigenvalue weighted by Crippen LogP contribution is 2.10. The van der Waals surface area contributed by atoms with Gasteiger partial charge in [-0.15, -0.1) is 12.6 Å². The summed E-state index contributed by atoms with van der Waals surface area (Å²) in [7, 11) is 0. The van der Waals surface area contributed by atoms with Gasteiger partial charge in [0, 0.05) is 11.6 Å². The van der Waals surface area contributed by atoms with E-state index in [1.807, 2.05) is 18.2 Å². The van der Waals surface area contributed by atoms with Crippen molar-refractivity contribution in [1.82, 2.24) is 0 Å². The zero-order chi connectivity index (χ0) is 8.97. The Morgan fingerprint density at radius 2 is 1.92 bits per heavy atom. The molecule has 0 aliphatic rings. The number of aliphatic hydroxyl groups is 1. The molecule has 0 saturated carbocycles. The van der Waals surface area contributed by atoms with Crippen molar-refractivity contribution in [1.29, 1.82) is 0 Å². The molecule has 0 atom stereocenters. The smallest absolute Gasteiger partial charge is 0.124 e. The molecule has 3 heteroatoms. The molecule has 1 N–H and O–H groups in total. The lowest BCUT2D eigenvalue weighted by atomic mass is 10.2. The summed E-state index contributed by atoms with van der Waals surface area (Å²) in [5, 5.41) is 9.42. The molecule has 62 valence electrons. The Balaban J connectivity index is 2.93. The normalized spacial score (nSPS) is 11.2. The average molecular weight is 196 g/mol. The molecule has 0 aliphatic heterocycles. The maximum atomic E-state index is 9.42. The maximum absolute atomic E-state index is 9.42. The number of rotatable bonds is 2. The molecule has 0 saturated heterocycles. The SMILES string of the molecule is OC(=CC(=S)S)c1ccccc1.